The van der Waals surface area contributed by atoms with Crippen LogP contribution in [0.3, 0.4) is 0 Å². The molecule has 106 valence electrons. The van der Waals surface area contributed by atoms with E-state index >= 15 is 0 Å². The third kappa shape index (κ3) is 2.43. The minimum Gasteiger partial charge on any atom is -0.489 e. The molecule has 2 heterocycles. The lowest BCUT2D eigenvalue weighted by atomic mass is 10.2. The first-order chi connectivity index (χ1) is 10.3. The molecule has 3 rings (SSSR count). The van der Waals surface area contributed by atoms with E-state index in [1.807, 2.05) is 30.3 Å². The van der Waals surface area contributed by atoms with Crippen molar-refractivity contribution >= 4 is 16.7 Å². The Labute approximate surface area is 121 Å². The van der Waals surface area contributed by atoms with Gasteiger partial charge in [0.1, 0.15) is 12.1 Å². The van der Waals surface area contributed by atoms with Gasteiger partial charge in [0, 0.05) is 18.6 Å². The molecule has 21 heavy (non-hydrogen) atoms. The number of anilines is 1. The Bertz CT molecular complexity index is 771. The largest absolute Gasteiger partial charge is 0.489 e. The Morgan fingerprint density at radius 2 is 1.95 bits per heavy atom. The summed E-state index contributed by atoms with van der Waals surface area (Å²) in [7, 11) is 3.31. The minimum atomic E-state index is 0.355. The van der Waals surface area contributed by atoms with Crippen LogP contribution in [-0.4, -0.2) is 29.1 Å². The van der Waals surface area contributed by atoms with Gasteiger partial charge in [-0.3, -0.25) is 4.98 Å². The van der Waals surface area contributed by atoms with Crippen LogP contribution < -0.4 is 14.8 Å². The van der Waals surface area contributed by atoms with Crippen LogP contribution in [0, 0.1) is 0 Å². The first-order valence-electron chi connectivity index (χ1n) is 6.42. The molecule has 1 aromatic carbocycles. The highest BCUT2D eigenvalue weighted by atomic mass is 16.5. The van der Waals surface area contributed by atoms with Crippen molar-refractivity contribution in [3.05, 3.63) is 42.9 Å². The average Bonchev–Trinajstić information content (AvgIpc) is 2.55. The average molecular weight is 282 g/mol. The van der Waals surface area contributed by atoms with Crippen LogP contribution in [0.15, 0.2) is 42.9 Å². The lowest BCUT2D eigenvalue weighted by Gasteiger charge is -2.12. The zero-order chi connectivity index (χ0) is 14.7. The van der Waals surface area contributed by atoms with E-state index in [-0.39, 0.29) is 0 Å². The second-order valence-corrected chi connectivity index (χ2v) is 4.24. The number of rotatable bonds is 4. The zero-order valence-corrected chi connectivity index (χ0v) is 11.7. The molecule has 0 spiro atoms. The number of methoxy groups -OCH3 is 1. The lowest BCUT2D eigenvalue weighted by Crippen LogP contribution is -2.01. The van der Waals surface area contributed by atoms with Gasteiger partial charge in [-0.05, 0) is 24.3 Å². The molecule has 3 aromatic rings. The van der Waals surface area contributed by atoms with Gasteiger partial charge >= 0.3 is 0 Å². The van der Waals surface area contributed by atoms with E-state index in [9.17, 15) is 0 Å². The molecule has 0 amide bonds. The van der Waals surface area contributed by atoms with Crippen molar-refractivity contribution in [3.63, 3.8) is 0 Å². The second kappa shape index (κ2) is 5.62. The molecule has 2 aromatic heterocycles. The lowest BCUT2D eigenvalue weighted by molar-refractivity contribution is 0.370. The highest BCUT2D eigenvalue weighted by Crippen LogP contribution is 2.36. The summed E-state index contributed by atoms with van der Waals surface area (Å²) in [5, 5.41) is 3.85. The van der Waals surface area contributed by atoms with Gasteiger partial charge in [-0.25, -0.2) is 4.98 Å². The van der Waals surface area contributed by atoms with Gasteiger partial charge in [0.2, 0.25) is 5.75 Å². The molecule has 0 fully saturated rings. The number of fused-ring (bicyclic) bond motifs is 1. The number of hydrogen-bond acceptors (Lipinski definition) is 6. The number of ether oxygens (including phenoxy) is 2. The Hall–Kier alpha value is -2.89. The second-order valence-electron chi connectivity index (χ2n) is 4.24. The normalized spacial score (nSPS) is 10.4. The van der Waals surface area contributed by atoms with Crippen LogP contribution in [0.25, 0.3) is 10.9 Å². The maximum absolute atomic E-state index is 5.90. The molecule has 1 N–H and O–H groups in total. The molecule has 0 atom stereocenters. The third-order valence-electron chi connectivity index (χ3n) is 3.02. The van der Waals surface area contributed by atoms with E-state index in [4.69, 9.17) is 9.47 Å². The van der Waals surface area contributed by atoms with E-state index in [0.29, 0.717) is 23.2 Å². The van der Waals surface area contributed by atoms with Gasteiger partial charge < -0.3 is 14.8 Å². The SMILES string of the molecule is CNc1ncnc(Oc2cccc3ncccc23)c1OC. The van der Waals surface area contributed by atoms with Gasteiger partial charge in [-0.2, -0.15) is 4.98 Å². The van der Waals surface area contributed by atoms with Crippen LogP contribution in [0.2, 0.25) is 0 Å². The molecule has 0 aliphatic carbocycles. The number of nitrogens with one attached hydrogen (secondary N) is 1. The highest BCUT2D eigenvalue weighted by Gasteiger charge is 2.14. The first kappa shape index (κ1) is 13.1. The van der Waals surface area contributed by atoms with Gasteiger partial charge in [-0.15, -0.1) is 0 Å². The summed E-state index contributed by atoms with van der Waals surface area (Å²) in [6.45, 7) is 0. The maximum Gasteiger partial charge on any atom is 0.268 e. The Morgan fingerprint density at radius 3 is 2.76 bits per heavy atom. The molecule has 0 aliphatic heterocycles. The summed E-state index contributed by atoms with van der Waals surface area (Å²) in [6.07, 6.45) is 3.17. The van der Waals surface area contributed by atoms with Crippen molar-refractivity contribution in [2.45, 2.75) is 0 Å². The zero-order valence-electron chi connectivity index (χ0n) is 11.7. The van der Waals surface area contributed by atoms with Gasteiger partial charge in [0.25, 0.3) is 5.88 Å². The molecule has 0 saturated carbocycles. The van der Waals surface area contributed by atoms with Crippen molar-refractivity contribution in [2.24, 2.45) is 0 Å². The van der Waals surface area contributed by atoms with Crippen LogP contribution in [0.4, 0.5) is 5.82 Å². The Balaban J connectivity index is 2.07. The van der Waals surface area contributed by atoms with Crippen LogP contribution >= 0.6 is 0 Å². The maximum atomic E-state index is 5.90. The predicted octanol–water partition coefficient (Wildman–Crippen LogP) is 2.87. The molecule has 0 saturated heterocycles. The smallest absolute Gasteiger partial charge is 0.268 e. The standard InChI is InChI=1S/C15H14N4O2/c1-16-14-13(20-2)15(19-9-18-14)21-12-7-3-6-11-10(12)5-4-8-17-11/h3-9H,1-2H3,(H,16,18,19). The molecule has 0 radical (unpaired) electrons. The Kier molecular flexibility index (Phi) is 3.51. The highest BCUT2D eigenvalue weighted by molar-refractivity contribution is 5.85. The van der Waals surface area contributed by atoms with Gasteiger partial charge in [0.05, 0.1) is 12.6 Å². The van der Waals surface area contributed by atoms with E-state index in [2.05, 4.69) is 20.3 Å². The number of benzene rings is 1. The molecule has 6 nitrogen and oxygen atoms in total. The summed E-state index contributed by atoms with van der Waals surface area (Å²) in [4.78, 5) is 12.5. The Morgan fingerprint density at radius 1 is 1.05 bits per heavy atom. The predicted molar refractivity (Wildman–Crippen MR) is 79.9 cm³/mol. The van der Waals surface area contributed by atoms with E-state index < -0.39 is 0 Å². The van der Waals surface area contributed by atoms with Crippen molar-refractivity contribution in [3.8, 4) is 17.4 Å². The first-order valence-corrected chi connectivity index (χ1v) is 6.42. The van der Waals surface area contributed by atoms with E-state index in [1.54, 1.807) is 20.4 Å². The number of aromatic nitrogens is 3. The topological polar surface area (TPSA) is 69.2 Å². The fraction of sp³-hybridized carbons (Fsp3) is 0.133. The molecule has 0 bridgehead atoms. The molecular weight excluding hydrogens is 268 g/mol. The fourth-order valence-corrected chi connectivity index (χ4v) is 2.06. The summed E-state index contributed by atoms with van der Waals surface area (Å²) in [5.41, 5.74) is 0.858. The van der Waals surface area contributed by atoms with Crippen molar-refractivity contribution < 1.29 is 9.47 Å². The minimum absolute atomic E-state index is 0.355. The van der Waals surface area contributed by atoms with Crippen LogP contribution in [-0.2, 0) is 0 Å². The molecule has 6 heteroatoms. The van der Waals surface area contributed by atoms with Crippen LogP contribution in [0.5, 0.6) is 17.4 Å². The quantitative estimate of drug-likeness (QED) is 0.793. The van der Waals surface area contributed by atoms with Gasteiger partial charge in [0.15, 0.2) is 5.82 Å². The van der Waals surface area contributed by atoms with Crippen molar-refractivity contribution in [2.75, 3.05) is 19.5 Å². The summed E-state index contributed by atoms with van der Waals surface area (Å²) in [6, 6.07) is 9.50. The van der Waals surface area contributed by atoms with Crippen LogP contribution in [0.1, 0.15) is 0 Å². The van der Waals surface area contributed by atoms with E-state index in [0.717, 1.165) is 10.9 Å². The summed E-state index contributed by atoms with van der Waals surface area (Å²) >= 11 is 0. The summed E-state index contributed by atoms with van der Waals surface area (Å²) < 4.78 is 11.2. The molecule has 0 aliphatic rings. The fourth-order valence-electron chi connectivity index (χ4n) is 2.06. The van der Waals surface area contributed by atoms with Crippen molar-refractivity contribution in [1.29, 1.82) is 0 Å². The third-order valence-corrected chi connectivity index (χ3v) is 3.02. The number of nitrogens with zero attached hydrogens (tertiary/aromatic N) is 3. The summed E-state index contributed by atoms with van der Waals surface area (Å²) in [5.74, 6) is 2.05. The van der Waals surface area contributed by atoms with Crippen molar-refractivity contribution in [1.82, 2.24) is 15.0 Å². The van der Waals surface area contributed by atoms with E-state index in [1.165, 1.54) is 6.33 Å². The number of pyridine rings is 1. The van der Waals surface area contributed by atoms with Gasteiger partial charge in [-0.1, -0.05) is 6.07 Å². The molecular formula is C15H14N4O2. The number of hydrogen-bond donors (Lipinski definition) is 1. The monoisotopic (exact) mass is 282 g/mol. The molecule has 0 unspecified atom stereocenters.